The van der Waals surface area contributed by atoms with Crippen molar-refractivity contribution in [1.82, 2.24) is 9.55 Å². The van der Waals surface area contributed by atoms with E-state index in [-0.39, 0.29) is 22.8 Å². The standard InChI is InChI=1S/C17H11FN4O5/c18-14-9-12(21-8-7-19-10-16(21)23)3-6-15(14)20-17(24)27-13-4-1-11(2-5-13)22(25)26/h1-10H,(H,20,24). The lowest BCUT2D eigenvalue weighted by atomic mass is 10.2. The van der Waals surface area contributed by atoms with Gasteiger partial charge in [0.1, 0.15) is 11.6 Å². The number of nitro groups is 1. The Morgan fingerprint density at radius 1 is 1.22 bits per heavy atom. The van der Waals surface area contributed by atoms with E-state index in [0.29, 0.717) is 0 Å². The third-order valence-electron chi connectivity index (χ3n) is 3.45. The molecule has 0 aliphatic carbocycles. The van der Waals surface area contributed by atoms with E-state index >= 15 is 0 Å². The van der Waals surface area contributed by atoms with Crippen LogP contribution in [0.5, 0.6) is 5.75 Å². The molecule has 0 fully saturated rings. The molecule has 0 unspecified atom stereocenters. The highest BCUT2D eigenvalue weighted by Crippen LogP contribution is 2.20. The van der Waals surface area contributed by atoms with Crippen molar-refractivity contribution >= 4 is 17.5 Å². The molecule has 0 bridgehead atoms. The Hall–Kier alpha value is -4.08. The van der Waals surface area contributed by atoms with Gasteiger partial charge in [-0.05, 0) is 24.3 Å². The second kappa shape index (κ2) is 7.44. The summed E-state index contributed by atoms with van der Waals surface area (Å²) in [6.07, 6.45) is 2.88. The molecular weight excluding hydrogens is 359 g/mol. The minimum Gasteiger partial charge on any atom is -0.410 e. The van der Waals surface area contributed by atoms with Crippen LogP contribution >= 0.6 is 0 Å². The van der Waals surface area contributed by atoms with Gasteiger partial charge in [-0.2, -0.15) is 0 Å². The normalized spacial score (nSPS) is 10.3. The lowest BCUT2D eigenvalue weighted by Crippen LogP contribution is -2.19. The maximum Gasteiger partial charge on any atom is 0.417 e. The summed E-state index contributed by atoms with van der Waals surface area (Å²) < 4.78 is 20.4. The fraction of sp³-hybridized carbons (Fsp3) is 0. The number of hydrogen-bond acceptors (Lipinski definition) is 6. The summed E-state index contributed by atoms with van der Waals surface area (Å²) >= 11 is 0. The predicted octanol–water partition coefficient (Wildman–Crippen LogP) is 2.89. The van der Waals surface area contributed by atoms with Crippen LogP contribution in [0.25, 0.3) is 5.69 Å². The van der Waals surface area contributed by atoms with Crippen LogP contribution in [0.3, 0.4) is 0 Å². The number of carbonyl (C=O) groups excluding carboxylic acids is 1. The highest BCUT2D eigenvalue weighted by molar-refractivity contribution is 5.86. The van der Waals surface area contributed by atoms with Crippen molar-refractivity contribution in [2.45, 2.75) is 0 Å². The minimum absolute atomic E-state index is 0.0541. The van der Waals surface area contributed by atoms with Gasteiger partial charge in [-0.3, -0.25) is 29.8 Å². The first-order valence-electron chi connectivity index (χ1n) is 7.50. The van der Waals surface area contributed by atoms with E-state index in [1.54, 1.807) is 0 Å². The number of amides is 1. The molecule has 0 radical (unpaired) electrons. The van der Waals surface area contributed by atoms with Gasteiger partial charge in [0.2, 0.25) is 0 Å². The van der Waals surface area contributed by atoms with Gasteiger partial charge in [-0.25, -0.2) is 9.18 Å². The van der Waals surface area contributed by atoms with Crippen LogP contribution < -0.4 is 15.6 Å². The molecule has 0 spiro atoms. The molecule has 3 rings (SSSR count). The van der Waals surface area contributed by atoms with Crippen molar-refractivity contribution in [2.24, 2.45) is 0 Å². The summed E-state index contributed by atoms with van der Waals surface area (Å²) in [5.74, 6) is -0.727. The highest BCUT2D eigenvalue weighted by atomic mass is 19.1. The van der Waals surface area contributed by atoms with Crippen LogP contribution in [0, 0.1) is 15.9 Å². The fourth-order valence-electron chi connectivity index (χ4n) is 2.19. The molecule has 2 aromatic carbocycles. The monoisotopic (exact) mass is 370 g/mol. The number of nitrogens with one attached hydrogen (secondary N) is 1. The van der Waals surface area contributed by atoms with Gasteiger partial charge in [-0.1, -0.05) is 0 Å². The van der Waals surface area contributed by atoms with Crippen LogP contribution in [-0.2, 0) is 0 Å². The van der Waals surface area contributed by atoms with Crippen LogP contribution in [0.1, 0.15) is 0 Å². The lowest BCUT2D eigenvalue weighted by molar-refractivity contribution is -0.384. The number of carbonyl (C=O) groups is 1. The second-order valence-corrected chi connectivity index (χ2v) is 5.21. The molecule has 0 saturated carbocycles. The molecule has 9 nitrogen and oxygen atoms in total. The number of hydrogen-bond donors (Lipinski definition) is 1. The maximum absolute atomic E-state index is 14.2. The first-order chi connectivity index (χ1) is 12.9. The number of rotatable bonds is 4. The molecule has 0 aliphatic rings. The van der Waals surface area contributed by atoms with Crippen molar-refractivity contribution in [3.05, 3.63) is 87.3 Å². The molecule has 136 valence electrons. The smallest absolute Gasteiger partial charge is 0.410 e. The van der Waals surface area contributed by atoms with Gasteiger partial charge < -0.3 is 4.74 Å². The summed E-state index contributed by atoms with van der Waals surface area (Å²) in [5, 5.41) is 12.8. The third kappa shape index (κ3) is 4.12. The molecule has 0 saturated heterocycles. The van der Waals surface area contributed by atoms with Crippen LogP contribution in [-0.4, -0.2) is 20.6 Å². The van der Waals surface area contributed by atoms with Crippen LogP contribution in [0.2, 0.25) is 0 Å². The fourth-order valence-corrected chi connectivity index (χ4v) is 2.19. The Balaban J connectivity index is 1.72. The van der Waals surface area contributed by atoms with Crippen molar-refractivity contribution in [3.63, 3.8) is 0 Å². The Labute approximate surface area is 150 Å². The SMILES string of the molecule is O=C(Nc1ccc(-n2ccncc2=O)cc1F)Oc1ccc([N+](=O)[O-])cc1. The third-order valence-corrected chi connectivity index (χ3v) is 3.45. The number of nitro benzene ring substituents is 1. The first kappa shape index (κ1) is 17.7. The number of benzene rings is 2. The van der Waals surface area contributed by atoms with Crippen LogP contribution in [0.15, 0.2) is 65.8 Å². The molecule has 1 heterocycles. The molecule has 1 amide bonds. The number of nitrogens with zero attached hydrogens (tertiary/aromatic N) is 3. The Kier molecular flexibility index (Phi) is 4.88. The van der Waals surface area contributed by atoms with Crippen LogP contribution in [0.4, 0.5) is 20.6 Å². The van der Waals surface area contributed by atoms with E-state index in [0.717, 1.165) is 12.3 Å². The second-order valence-electron chi connectivity index (χ2n) is 5.21. The lowest BCUT2D eigenvalue weighted by Gasteiger charge is -2.10. The van der Waals surface area contributed by atoms with E-state index < -0.39 is 22.4 Å². The topological polar surface area (TPSA) is 116 Å². The number of anilines is 1. The van der Waals surface area contributed by atoms with Gasteiger partial charge in [0.25, 0.3) is 11.2 Å². The first-order valence-corrected chi connectivity index (χ1v) is 7.50. The molecule has 3 aromatic rings. The molecule has 0 aliphatic heterocycles. The molecule has 10 heteroatoms. The van der Waals surface area contributed by atoms with Gasteiger partial charge >= 0.3 is 6.09 Å². The number of halogens is 1. The van der Waals surface area contributed by atoms with E-state index in [4.69, 9.17) is 4.74 Å². The highest BCUT2D eigenvalue weighted by Gasteiger charge is 2.12. The largest absolute Gasteiger partial charge is 0.417 e. The average molecular weight is 370 g/mol. The molecule has 1 aromatic heterocycles. The Morgan fingerprint density at radius 3 is 2.59 bits per heavy atom. The van der Waals surface area contributed by atoms with E-state index in [1.165, 1.54) is 53.4 Å². The van der Waals surface area contributed by atoms with Gasteiger partial charge in [-0.15, -0.1) is 0 Å². The molecule has 0 atom stereocenters. The predicted molar refractivity (Wildman–Crippen MR) is 92.5 cm³/mol. The van der Waals surface area contributed by atoms with Crippen molar-refractivity contribution in [2.75, 3.05) is 5.32 Å². The maximum atomic E-state index is 14.2. The van der Waals surface area contributed by atoms with Gasteiger partial charge in [0.05, 0.1) is 22.5 Å². The number of non-ortho nitro benzene ring substituents is 1. The summed E-state index contributed by atoms with van der Waals surface area (Å²) in [4.78, 5) is 37.2. The summed E-state index contributed by atoms with van der Waals surface area (Å²) in [7, 11) is 0. The van der Waals surface area contributed by atoms with E-state index in [1.807, 2.05) is 0 Å². The molecule has 1 N–H and O–H groups in total. The zero-order chi connectivity index (χ0) is 19.4. The van der Waals surface area contributed by atoms with Crippen molar-refractivity contribution in [3.8, 4) is 11.4 Å². The molecular formula is C17H11FN4O5. The summed E-state index contributed by atoms with van der Waals surface area (Å²) in [5.41, 5.74) is -0.493. The Morgan fingerprint density at radius 2 is 1.96 bits per heavy atom. The van der Waals surface area contributed by atoms with E-state index in [9.17, 15) is 24.1 Å². The summed E-state index contributed by atoms with van der Waals surface area (Å²) in [6.45, 7) is 0. The summed E-state index contributed by atoms with van der Waals surface area (Å²) in [6, 6.07) is 8.61. The quantitative estimate of drug-likeness (QED) is 0.557. The zero-order valence-electron chi connectivity index (χ0n) is 13.5. The van der Waals surface area contributed by atoms with Gasteiger partial charge in [0.15, 0.2) is 0 Å². The van der Waals surface area contributed by atoms with Crippen molar-refractivity contribution in [1.29, 1.82) is 0 Å². The van der Waals surface area contributed by atoms with E-state index in [2.05, 4.69) is 10.3 Å². The number of ether oxygens (including phenoxy) is 1. The Bertz CT molecular complexity index is 1070. The zero-order valence-corrected chi connectivity index (χ0v) is 13.5. The van der Waals surface area contributed by atoms with Gasteiger partial charge in [0, 0.05) is 30.6 Å². The average Bonchev–Trinajstić information content (AvgIpc) is 2.64. The molecule has 27 heavy (non-hydrogen) atoms. The number of aromatic nitrogens is 2. The minimum atomic E-state index is -0.975. The van der Waals surface area contributed by atoms with Crippen molar-refractivity contribution < 1.29 is 18.8 Å².